The van der Waals surface area contributed by atoms with Crippen LogP contribution in [0, 0.1) is 0 Å². The second-order valence-electron chi connectivity index (χ2n) is 9.73. The Balaban J connectivity index is 1.04. The number of nitrogens with one attached hydrogen (secondary N) is 2. The topological polar surface area (TPSA) is 146 Å². The summed E-state index contributed by atoms with van der Waals surface area (Å²) in [5.41, 5.74) is 8.76. The fourth-order valence-corrected chi connectivity index (χ4v) is 7.25. The van der Waals surface area contributed by atoms with Gasteiger partial charge >= 0.3 is 0 Å². The highest BCUT2D eigenvalue weighted by Gasteiger charge is 2.21. The van der Waals surface area contributed by atoms with E-state index in [2.05, 4.69) is 31.3 Å². The Morgan fingerprint density at radius 3 is 1.63 bits per heavy atom. The van der Waals surface area contributed by atoms with E-state index in [0.29, 0.717) is 33.0 Å². The monoisotopic (exact) mass is 642 g/mol. The number of fused-ring (bicyclic) bond motifs is 2. The summed E-state index contributed by atoms with van der Waals surface area (Å²) in [4.78, 5) is 25.2. The fraction of sp³-hybridized carbons (Fsp3) is 0.357. The molecular weight excluding hydrogens is 613 g/mol. The van der Waals surface area contributed by atoms with Crippen molar-refractivity contribution < 1.29 is 28.5 Å². The molecule has 0 fully saturated rings. The summed E-state index contributed by atoms with van der Waals surface area (Å²) in [5.74, 6) is 2.37. The zero-order valence-corrected chi connectivity index (χ0v) is 26.4. The number of hydrogen-bond donors (Lipinski definition) is 2. The molecule has 2 atom stereocenters. The largest absolute Gasteiger partial charge is 0.454 e. The van der Waals surface area contributed by atoms with Crippen LogP contribution >= 0.6 is 34.9 Å². The molecule has 5 rings (SSSR count). The maximum Gasteiger partial charge on any atom is 0.253 e. The molecule has 2 aliphatic rings. The van der Waals surface area contributed by atoms with Gasteiger partial charge in [-0.25, -0.2) is 10.9 Å². The van der Waals surface area contributed by atoms with E-state index in [1.54, 1.807) is 13.8 Å². The molecule has 0 unspecified atom stereocenters. The number of carbonyl (C=O) groups excluding carboxylic acids is 2. The molecule has 0 spiro atoms. The summed E-state index contributed by atoms with van der Waals surface area (Å²) >= 11 is 3.88. The molecule has 2 aliphatic heterocycles. The van der Waals surface area contributed by atoms with Crippen molar-refractivity contribution in [1.29, 1.82) is 0 Å². The van der Waals surface area contributed by atoms with Crippen LogP contribution in [0.3, 0.4) is 0 Å². The number of carbonyl (C=O) groups is 2. The number of aromatic nitrogens is 2. The highest BCUT2D eigenvalue weighted by atomic mass is 32.2. The zero-order chi connectivity index (χ0) is 30.3. The van der Waals surface area contributed by atoms with E-state index < -0.39 is 10.5 Å². The van der Waals surface area contributed by atoms with Gasteiger partial charge in [0.25, 0.3) is 11.8 Å². The second kappa shape index (κ2) is 14.1. The normalized spacial score (nSPS) is 15.3. The molecule has 0 radical (unpaired) electrons. The van der Waals surface area contributed by atoms with Crippen LogP contribution in [0.4, 0.5) is 0 Å². The van der Waals surface area contributed by atoms with Crippen molar-refractivity contribution >= 4 is 58.1 Å². The lowest BCUT2D eigenvalue weighted by atomic mass is 10.1. The standard InChI is InChI=1S/C28H30N6O6S3/c1-15(9-19-5-7-21-23(11-19)39-13-37-21)29-31-25(35)17(3)41-27-33-34-28(43-27)42-18(4)26(36)32-30-16(2)10-20-6-8-22-24(12-20)40-14-38-22/h5-8,11-12,17-18H,9-10,13-14H2,1-4H3,(H,31,35)(H,32,36)/b29-15-,30-16-/t17-,18-/m0/s1. The maximum absolute atomic E-state index is 12.6. The SMILES string of the molecule is C/C(Cc1ccc2c(c1)OCO2)=N/NC(=O)[C@H](C)Sc1nnc(S[C@@H](C)C(=O)N/N=C(/C)Cc2ccc3c(c2)OCO3)s1. The van der Waals surface area contributed by atoms with Gasteiger partial charge in [-0.2, -0.15) is 10.2 Å². The predicted molar refractivity (Wildman–Crippen MR) is 166 cm³/mol. The summed E-state index contributed by atoms with van der Waals surface area (Å²) in [5, 5.41) is 15.9. The van der Waals surface area contributed by atoms with Gasteiger partial charge in [0.15, 0.2) is 31.7 Å². The summed E-state index contributed by atoms with van der Waals surface area (Å²) in [6, 6.07) is 11.4. The first kappa shape index (κ1) is 30.6. The van der Waals surface area contributed by atoms with Gasteiger partial charge in [-0.1, -0.05) is 47.0 Å². The van der Waals surface area contributed by atoms with Gasteiger partial charge in [-0.15, -0.1) is 10.2 Å². The average molecular weight is 643 g/mol. The zero-order valence-electron chi connectivity index (χ0n) is 23.9. The molecule has 2 amide bonds. The van der Waals surface area contributed by atoms with E-state index in [4.69, 9.17) is 18.9 Å². The minimum Gasteiger partial charge on any atom is -0.454 e. The number of rotatable bonds is 12. The summed E-state index contributed by atoms with van der Waals surface area (Å²) < 4.78 is 22.7. The van der Waals surface area contributed by atoms with Crippen LogP contribution in [-0.2, 0) is 22.4 Å². The minimum absolute atomic E-state index is 0.223. The van der Waals surface area contributed by atoms with Crippen molar-refractivity contribution in [2.24, 2.45) is 10.2 Å². The summed E-state index contributed by atoms with van der Waals surface area (Å²) in [6.45, 7) is 7.69. The highest BCUT2D eigenvalue weighted by Crippen LogP contribution is 2.35. The Hall–Kier alpha value is -3.82. The smallest absolute Gasteiger partial charge is 0.253 e. The van der Waals surface area contributed by atoms with E-state index in [-0.39, 0.29) is 25.4 Å². The summed E-state index contributed by atoms with van der Waals surface area (Å²) in [7, 11) is 0. The van der Waals surface area contributed by atoms with Crippen molar-refractivity contribution in [1.82, 2.24) is 21.0 Å². The van der Waals surface area contributed by atoms with Gasteiger partial charge in [0, 0.05) is 24.3 Å². The van der Waals surface area contributed by atoms with Gasteiger partial charge in [-0.3, -0.25) is 9.59 Å². The lowest BCUT2D eigenvalue weighted by molar-refractivity contribution is -0.121. The van der Waals surface area contributed by atoms with Crippen LogP contribution < -0.4 is 29.8 Å². The molecule has 12 nitrogen and oxygen atoms in total. The Morgan fingerprint density at radius 2 is 1.19 bits per heavy atom. The lowest BCUT2D eigenvalue weighted by Gasteiger charge is -2.08. The van der Waals surface area contributed by atoms with E-state index in [9.17, 15) is 9.59 Å². The number of hydrazone groups is 2. The van der Waals surface area contributed by atoms with E-state index >= 15 is 0 Å². The molecule has 1 aromatic heterocycles. The fourth-order valence-electron chi connectivity index (χ4n) is 3.96. The van der Waals surface area contributed by atoms with Crippen LogP contribution in [0.5, 0.6) is 23.0 Å². The molecule has 2 aromatic carbocycles. The van der Waals surface area contributed by atoms with E-state index in [1.165, 1.54) is 34.9 Å². The summed E-state index contributed by atoms with van der Waals surface area (Å²) in [6.07, 6.45) is 1.12. The van der Waals surface area contributed by atoms with Gasteiger partial charge in [0.1, 0.15) is 0 Å². The Morgan fingerprint density at radius 1 is 0.767 bits per heavy atom. The molecule has 0 aliphatic carbocycles. The molecule has 226 valence electrons. The van der Waals surface area contributed by atoms with Gasteiger partial charge in [0.05, 0.1) is 10.5 Å². The molecule has 43 heavy (non-hydrogen) atoms. The van der Waals surface area contributed by atoms with Crippen molar-refractivity contribution in [2.45, 2.75) is 59.7 Å². The first-order chi connectivity index (χ1) is 20.7. The van der Waals surface area contributed by atoms with E-state index in [0.717, 1.165) is 34.0 Å². The molecule has 15 heteroatoms. The first-order valence-electron chi connectivity index (χ1n) is 13.3. The molecule has 3 heterocycles. The number of ether oxygens (including phenoxy) is 4. The van der Waals surface area contributed by atoms with Crippen molar-refractivity contribution in [3.8, 4) is 23.0 Å². The lowest BCUT2D eigenvalue weighted by Crippen LogP contribution is -2.27. The first-order valence-corrected chi connectivity index (χ1v) is 15.9. The highest BCUT2D eigenvalue weighted by molar-refractivity contribution is 8.04. The Labute approximate surface area is 261 Å². The number of amides is 2. The Bertz CT molecular complexity index is 1450. The van der Waals surface area contributed by atoms with Crippen LogP contribution in [-0.4, -0.2) is 57.5 Å². The van der Waals surface area contributed by atoms with Gasteiger partial charge < -0.3 is 18.9 Å². The minimum atomic E-state index is -0.448. The van der Waals surface area contributed by atoms with Crippen LogP contribution in [0.25, 0.3) is 0 Å². The van der Waals surface area contributed by atoms with Crippen molar-refractivity contribution in [3.05, 3.63) is 47.5 Å². The number of nitrogens with zero attached hydrogens (tertiary/aromatic N) is 4. The molecular formula is C28H30N6O6S3. The van der Waals surface area contributed by atoms with Gasteiger partial charge in [0.2, 0.25) is 13.6 Å². The van der Waals surface area contributed by atoms with E-state index in [1.807, 2.05) is 50.2 Å². The molecule has 0 bridgehead atoms. The number of benzene rings is 2. The number of thioether (sulfide) groups is 2. The molecule has 2 N–H and O–H groups in total. The molecule has 3 aromatic rings. The predicted octanol–water partition coefficient (Wildman–Crippen LogP) is 4.43. The number of hydrogen-bond acceptors (Lipinski definition) is 13. The molecule has 0 saturated heterocycles. The third-order valence-corrected chi connectivity index (χ3v) is 9.48. The van der Waals surface area contributed by atoms with Crippen molar-refractivity contribution in [3.63, 3.8) is 0 Å². The third kappa shape index (κ3) is 8.39. The second-order valence-corrected chi connectivity index (χ2v) is 13.9. The Kier molecular flexibility index (Phi) is 10.0. The molecule has 0 saturated carbocycles. The maximum atomic E-state index is 12.6. The van der Waals surface area contributed by atoms with Gasteiger partial charge in [-0.05, 0) is 63.1 Å². The van der Waals surface area contributed by atoms with Crippen molar-refractivity contribution in [2.75, 3.05) is 13.6 Å². The quantitative estimate of drug-likeness (QED) is 0.165. The van der Waals surface area contributed by atoms with Crippen LogP contribution in [0.1, 0.15) is 38.8 Å². The van der Waals surface area contributed by atoms with Crippen LogP contribution in [0.2, 0.25) is 0 Å². The average Bonchev–Trinajstić information content (AvgIpc) is 3.75. The third-order valence-electron chi connectivity index (χ3n) is 6.19. The van der Waals surface area contributed by atoms with Crippen LogP contribution in [0.15, 0.2) is 55.3 Å².